The summed E-state index contributed by atoms with van der Waals surface area (Å²) < 4.78 is 9.23. The Bertz CT molecular complexity index is 1340. The molecular formula is C26H21Cl5N2O4. The number of methoxy groups -OCH3 is 2. The van der Waals surface area contributed by atoms with Crippen LogP contribution in [-0.4, -0.2) is 30.4 Å². The van der Waals surface area contributed by atoms with Crippen LogP contribution in [0.4, 0.5) is 5.69 Å². The summed E-state index contributed by atoms with van der Waals surface area (Å²) in [6.07, 6.45) is 0. The predicted molar refractivity (Wildman–Crippen MR) is 148 cm³/mol. The van der Waals surface area contributed by atoms with Gasteiger partial charge in [-0.15, -0.1) is 23.2 Å². The molecule has 1 aliphatic rings. The highest BCUT2D eigenvalue weighted by molar-refractivity contribution is 6.53. The number of amides is 2. The molecule has 1 saturated carbocycles. The molecule has 2 unspecified atom stereocenters. The largest absolute Gasteiger partial charge is 0.497 e. The van der Waals surface area contributed by atoms with Crippen LogP contribution in [0.3, 0.4) is 0 Å². The minimum atomic E-state index is -1.33. The van der Waals surface area contributed by atoms with Crippen LogP contribution < -0.4 is 20.1 Å². The highest BCUT2D eigenvalue weighted by Gasteiger charge is 2.67. The summed E-state index contributed by atoms with van der Waals surface area (Å²) in [6.45, 7) is 0.186. The van der Waals surface area contributed by atoms with Gasteiger partial charge in [0.25, 0.3) is 5.91 Å². The Balaban J connectivity index is 1.46. The molecule has 0 saturated heterocycles. The lowest BCUT2D eigenvalue weighted by Crippen LogP contribution is -2.24. The summed E-state index contributed by atoms with van der Waals surface area (Å²) >= 11 is 31.3. The van der Waals surface area contributed by atoms with Gasteiger partial charge in [-0.1, -0.05) is 34.8 Å². The first-order valence-corrected chi connectivity index (χ1v) is 12.9. The van der Waals surface area contributed by atoms with Crippen LogP contribution in [-0.2, 0) is 11.3 Å². The zero-order valence-corrected chi connectivity index (χ0v) is 23.4. The lowest BCUT2D eigenvalue weighted by atomic mass is 10.1. The molecule has 0 spiro atoms. The number of benzene rings is 3. The normalized spacial score (nSPS) is 17.6. The number of alkyl halides is 2. The molecule has 4 rings (SSSR count). The molecule has 1 aliphatic carbocycles. The SMILES string of the molecule is COc1ccc(CNC(=O)c2cc(NC(=O)C3C(c4cc(Cl)cc(Cl)c4)C3(Cl)Cl)ccc2Cl)c(OC)c1. The van der Waals surface area contributed by atoms with Crippen molar-refractivity contribution in [3.05, 3.63) is 86.4 Å². The fourth-order valence-electron chi connectivity index (χ4n) is 4.09. The molecule has 194 valence electrons. The Hall–Kier alpha value is -2.35. The van der Waals surface area contributed by atoms with Gasteiger partial charge in [-0.05, 0) is 54.1 Å². The molecular weight excluding hydrogens is 582 g/mol. The highest BCUT2D eigenvalue weighted by Crippen LogP contribution is 2.65. The Morgan fingerprint density at radius 1 is 0.919 bits per heavy atom. The molecule has 11 heteroatoms. The van der Waals surface area contributed by atoms with Crippen LogP contribution in [0.15, 0.2) is 54.6 Å². The number of ether oxygens (including phenoxy) is 2. The molecule has 37 heavy (non-hydrogen) atoms. The topological polar surface area (TPSA) is 76.7 Å². The van der Waals surface area contributed by atoms with Crippen molar-refractivity contribution in [2.24, 2.45) is 5.92 Å². The van der Waals surface area contributed by atoms with E-state index in [2.05, 4.69) is 10.6 Å². The summed E-state index contributed by atoms with van der Waals surface area (Å²) in [5.41, 5.74) is 1.95. The van der Waals surface area contributed by atoms with E-state index in [9.17, 15) is 9.59 Å². The van der Waals surface area contributed by atoms with Crippen LogP contribution in [0.25, 0.3) is 0 Å². The molecule has 2 N–H and O–H groups in total. The monoisotopic (exact) mass is 600 g/mol. The number of hydrogen-bond acceptors (Lipinski definition) is 4. The Labute approximate surface area is 239 Å². The van der Waals surface area contributed by atoms with Crippen molar-refractivity contribution in [2.45, 2.75) is 16.8 Å². The van der Waals surface area contributed by atoms with Gasteiger partial charge in [0, 0.05) is 39.8 Å². The minimum Gasteiger partial charge on any atom is -0.497 e. The second-order valence-corrected chi connectivity index (χ2v) is 11.1. The zero-order chi connectivity index (χ0) is 26.9. The maximum Gasteiger partial charge on any atom is 0.253 e. The molecule has 0 bridgehead atoms. The van der Waals surface area contributed by atoms with Crippen molar-refractivity contribution in [1.29, 1.82) is 0 Å². The van der Waals surface area contributed by atoms with E-state index in [0.717, 1.165) is 5.56 Å². The van der Waals surface area contributed by atoms with E-state index in [0.29, 0.717) is 32.8 Å². The molecule has 0 radical (unpaired) electrons. The van der Waals surface area contributed by atoms with E-state index in [4.69, 9.17) is 67.5 Å². The second-order valence-electron chi connectivity index (χ2n) is 8.38. The van der Waals surface area contributed by atoms with E-state index in [1.165, 1.54) is 19.2 Å². The third-order valence-corrected chi connectivity index (χ3v) is 7.70. The van der Waals surface area contributed by atoms with Crippen LogP contribution >= 0.6 is 58.0 Å². The molecule has 2 atom stereocenters. The number of halogens is 5. The Morgan fingerprint density at radius 2 is 1.62 bits per heavy atom. The van der Waals surface area contributed by atoms with E-state index < -0.39 is 28.0 Å². The van der Waals surface area contributed by atoms with Crippen molar-refractivity contribution < 1.29 is 19.1 Å². The maximum absolute atomic E-state index is 13.0. The summed E-state index contributed by atoms with van der Waals surface area (Å²) in [7, 11) is 3.09. The summed E-state index contributed by atoms with van der Waals surface area (Å²) in [5.74, 6) is -0.892. The van der Waals surface area contributed by atoms with Gasteiger partial charge in [-0.25, -0.2) is 0 Å². The van der Waals surface area contributed by atoms with Gasteiger partial charge >= 0.3 is 0 Å². The molecule has 0 heterocycles. The quantitative estimate of drug-likeness (QED) is 0.269. The molecule has 6 nitrogen and oxygen atoms in total. The molecule has 0 aliphatic heterocycles. The first-order chi connectivity index (χ1) is 17.5. The average molecular weight is 603 g/mol. The van der Waals surface area contributed by atoms with Gasteiger partial charge < -0.3 is 20.1 Å². The summed E-state index contributed by atoms with van der Waals surface area (Å²) in [6, 6.07) is 14.8. The molecule has 0 aromatic heterocycles. The average Bonchev–Trinajstić information content (AvgIpc) is 3.44. The van der Waals surface area contributed by atoms with E-state index in [1.54, 1.807) is 49.6 Å². The van der Waals surface area contributed by atoms with Crippen molar-refractivity contribution in [1.82, 2.24) is 5.32 Å². The Morgan fingerprint density at radius 3 is 2.27 bits per heavy atom. The zero-order valence-electron chi connectivity index (χ0n) is 19.6. The number of carbonyl (C=O) groups excluding carboxylic acids is 2. The first-order valence-electron chi connectivity index (χ1n) is 11.0. The van der Waals surface area contributed by atoms with E-state index in [1.807, 2.05) is 0 Å². The predicted octanol–water partition coefficient (Wildman–Crippen LogP) is 7.12. The van der Waals surface area contributed by atoms with Gasteiger partial charge in [-0.2, -0.15) is 0 Å². The number of hydrogen-bond donors (Lipinski definition) is 2. The fourth-order valence-corrected chi connectivity index (χ4v) is 5.66. The summed E-state index contributed by atoms with van der Waals surface area (Å²) in [5, 5.41) is 6.63. The number of rotatable bonds is 8. The van der Waals surface area contributed by atoms with Gasteiger partial charge in [0.2, 0.25) is 5.91 Å². The van der Waals surface area contributed by atoms with Gasteiger partial charge in [0.05, 0.1) is 30.7 Å². The number of nitrogens with one attached hydrogen (secondary N) is 2. The third kappa shape index (κ3) is 6.05. The second kappa shape index (κ2) is 11.2. The smallest absolute Gasteiger partial charge is 0.253 e. The van der Waals surface area contributed by atoms with Gasteiger partial charge in [-0.3, -0.25) is 9.59 Å². The number of anilines is 1. The third-order valence-electron chi connectivity index (χ3n) is 5.99. The first kappa shape index (κ1) is 27.7. The van der Waals surface area contributed by atoms with Crippen LogP contribution in [0.2, 0.25) is 15.1 Å². The fraction of sp³-hybridized carbons (Fsp3) is 0.231. The van der Waals surface area contributed by atoms with Crippen LogP contribution in [0.1, 0.15) is 27.4 Å². The van der Waals surface area contributed by atoms with Gasteiger partial charge in [0.1, 0.15) is 15.8 Å². The standard InChI is InChI=1S/C26H21Cl5N2O4/c1-36-18-5-3-13(21(11-18)37-2)12-32-24(34)19-10-17(4-6-20(19)29)33-25(35)23-22(26(23,30)31)14-7-15(27)9-16(28)8-14/h3-11,22-23H,12H2,1-2H3,(H,32,34)(H,33,35). The summed E-state index contributed by atoms with van der Waals surface area (Å²) in [4.78, 5) is 25.9. The Kier molecular flexibility index (Phi) is 8.36. The van der Waals surface area contributed by atoms with Crippen LogP contribution in [0.5, 0.6) is 11.5 Å². The minimum absolute atomic E-state index is 0.184. The maximum atomic E-state index is 13.0. The molecule has 3 aromatic carbocycles. The van der Waals surface area contributed by atoms with Crippen molar-refractivity contribution in [3.63, 3.8) is 0 Å². The lowest BCUT2D eigenvalue weighted by molar-refractivity contribution is -0.117. The molecule has 3 aromatic rings. The van der Waals surface area contributed by atoms with E-state index in [-0.39, 0.29) is 17.1 Å². The van der Waals surface area contributed by atoms with Gasteiger partial charge in [0.15, 0.2) is 0 Å². The van der Waals surface area contributed by atoms with Crippen molar-refractivity contribution in [2.75, 3.05) is 19.5 Å². The molecule has 2 amide bonds. The van der Waals surface area contributed by atoms with Crippen molar-refractivity contribution >= 4 is 75.5 Å². The lowest BCUT2D eigenvalue weighted by Gasteiger charge is -2.13. The van der Waals surface area contributed by atoms with E-state index >= 15 is 0 Å². The molecule has 1 fully saturated rings. The van der Waals surface area contributed by atoms with Crippen molar-refractivity contribution in [3.8, 4) is 11.5 Å². The highest BCUT2D eigenvalue weighted by atomic mass is 35.5. The number of carbonyl (C=O) groups is 2. The van der Waals surface area contributed by atoms with Crippen LogP contribution in [0, 0.1) is 5.92 Å².